The van der Waals surface area contributed by atoms with Gasteiger partial charge in [0.2, 0.25) is 0 Å². The highest BCUT2D eigenvalue weighted by atomic mass is 14.5. The molecular weight excluding hydrogens is 829 g/mol. The molecule has 0 amide bonds. The molecule has 0 aliphatic heterocycles. The van der Waals surface area contributed by atoms with E-state index in [9.17, 15) is 0 Å². The van der Waals surface area contributed by atoms with Crippen LogP contribution in [0.1, 0.15) is 249 Å². The molecule has 0 heteroatoms. The lowest BCUT2D eigenvalue weighted by Gasteiger charge is -2.45. The molecule has 0 saturated heterocycles. The van der Waals surface area contributed by atoms with Gasteiger partial charge in [0, 0.05) is 0 Å². The Kier molecular flexibility index (Phi) is 30.5. The van der Waals surface area contributed by atoms with Crippen molar-refractivity contribution in [3.8, 4) is 0 Å². The predicted octanol–water partition coefficient (Wildman–Crippen LogP) is 22.4. The van der Waals surface area contributed by atoms with Gasteiger partial charge in [0.25, 0.3) is 0 Å². The largest absolute Gasteiger partial charge is 0.0651 e. The first-order chi connectivity index (χ1) is 31.4. The summed E-state index contributed by atoms with van der Waals surface area (Å²) in [7, 11) is 0. The van der Waals surface area contributed by atoms with Gasteiger partial charge in [-0.2, -0.15) is 0 Å². The fraction of sp³-hybridized carbons (Fsp3) is 1.00. The van der Waals surface area contributed by atoms with Crippen molar-refractivity contribution < 1.29 is 0 Å². The SMILES string of the molecule is CCC(C)C(C)C(C)C(C)C(C)C(C)C(C)C(C)C(C)C(C)C(C)C(C)C(C)C(C)C(C)C(C)C(C)C(C)C(C)C(C)C(C)C(C)C(C)C(C)C(C)C(C)C(C)C(C)C(C)C(C)C(C)C(C)C(C)C. The van der Waals surface area contributed by atoms with Gasteiger partial charge in [-0.15, -0.1) is 0 Å². The Hall–Kier alpha value is 0. The summed E-state index contributed by atoms with van der Waals surface area (Å²) < 4.78 is 0. The van der Waals surface area contributed by atoms with Crippen LogP contribution in [0.15, 0.2) is 0 Å². The first-order valence-electron chi connectivity index (χ1n) is 31.4. The van der Waals surface area contributed by atoms with E-state index < -0.39 is 0 Å². The lowest BCUT2D eigenvalue weighted by atomic mass is 9.60. The smallest absolute Gasteiger partial charge is 0.0386 e. The van der Waals surface area contributed by atoms with Crippen LogP contribution in [-0.4, -0.2) is 0 Å². The van der Waals surface area contributed by atoms with Gasteiger partial charge < -0.3 is 0 Å². The minimum Gasteiger partial charge on any atom is -0.0651 e. The Morgan fingerprint density at radius 3 is 0.304 bits per heavy atom. The molecule has 0 aromatic rings. The van der Waals surface area contributed by atoms with E-state index in [4.69, 9.17) is 0 Å². The Morgan fingerprint density at radius 1 is 0.130 bits per heavy atom. The second-order valence-electron chi connectivity index (χ2n) is 29.3. The van der Waals surface area contributed by atoms with E-state index in [1.54, 1.807) is 0 Å². The zero-order valence-corrected chi connectivity index (χ0v) is 54.8. The minimum absolute atomic E-state index is 0.708. The topological polar surface area (TPSA) is 0 Å². The molecule has 0 bridgehead atoms. The van der Waals surface area contributed by atoms with Crippen LogP contribution in [0.25, 0.3) is 0 Å². The van der Waals surface area contributed by atoms with Crippen LogP contribution in [0.2, 0.25) is 0 Å². The van der Waals surface area contributed by atoms with Crippen molar-refractivity contribution in [3.63, 3.8) is 0 Å². The second-order valence-corrected chi connectivity index (χ2v) is 29.3. The third kappa shape index (κ3) is 17.5. The van der Waals surface area contributed by atoms with Crippen molar-refractivity contribution >= 4 is 0 Å². The van der Waals surface area contributed by atoms with E-state index in [2.05, 4.69) is 242 Å². The maximum absolute atomic E-state index is 2.62. The Morgan fingerprint density at radius 2 is 0.217 bits per heavy atom. The van der Waals surface area contributed by atoms with Crippen molar-refractivity contribution in [2.75, 3.05) is 0 Å². The zero-order valence-electron chi connectivity index (χ0n) is 54.8. The standard InChI is InChI=1S/C69H140/c1-36-38(4)40(6)42(8)44(10)46(12)48(14)50(16)52(18)54(20)56(22)58(24)60(26)62(28)64(30)66(32)68(34)69(35)67(33)65(31)63(29)61(27)59(25)57(23)55(21)53(19)51(17)49(15)47(13)45(11)43(9)41(7)39(5)37(2)3/h37-69H,36H2,1-35H3. The summed E-state index contributed by atoms with van der Waals surface area (Å²) in [6.07, 6.45) is 1.29. The van der Waals surface area contributed by atoms with Gasteiger partial charge in [0.05, 0.1) is 0 Å². The van der Waals surface area contributed by atoms with Crippen LogP contribution in [0.4, 0.5) is 0 Å². The molecule has 32 unspecified atom stereocenters. The number of hydrogen-bond acceptors (Lipinski definition) is 0. The van der Waals surface area contributed by atoms with Gasteiger partial charge in [-0.3, -0.25) is 0 Å². The molecule has 0 heterocycles. The van der Waals surface area contributed by atoms with Crippen molar-refractivity contribution in [1.29, 1.82) is 0 Å². The molecule has 32 atom stereocenters. The van der Waals surface area contributed by atoms with E-state index >= 15 is 0 Å². The summed E-state index contributed by atoms with van der Waals surface area (Å²) in [5.41, 5.74) is 0. The molecule has 69 heavy (non-hydrogen) atoms. The minimum atomic E-state index is 0.708. The van der Waals surface area contributed by atoms with Crippen molar-refractivity contribution in [1.82, 2.24) is 0 Å². The lowest BCUT2D eigenvalue weighted by Crippen LogP contribution is -2.39. The zero-order chi connectivity index (χ0) is 54.8. The first kappa shape index (κ1) is 69.0. The molecule has 416 valence electrons. The molecular formula is C69H140. The highest BCUT2D eigenvalue weighted by molar-refractivity contribution is 4.90. The van der Waals surface area contributed by atoms with E-state index in [0.29, 0.717) is 76.9 Å². The maximum Gasteiger partial charge on any atom is -0.0386 e. The third-order valence-corrected chi connectivity index (χ3v) is 27.5. The van der Waals surface area contributed by atoms with Gasteiger partial charge in [0.1, 0.15) is 0 Å². The maximum atomic E-state index is 2.62. The summed E-state index contributed by atoms with van der Waals surface area (Å²) in [5.74, 6) is 24.2. The summed E-state index contributed by atoms with van der Waals surface area (Å²) >= 11 is 0. The van der Waals surface area contributed by atoms with Crippen molar-refractivity contribution in [2.24, 2.45) is 195 Å². The van der Waals surface area contributed by atoms with Gasteiger partial charge in [-0.25, -0.2) is 0 Å². The molecule has 0 aliphatic rings. The van der Waals surface area contributed by atoms with E-state index in [1.165, 1.54) is 6.42 Å². The molecule has 0 saturated carbocycles. The molecule has 0 nitrogen and oxygen atoms in total. The summed E-state index contributed by atoms with van der Waals surface area (Å²) in [4.78, 5) is 0. The van der Waals surface area contributed by atoms with Crippen molar-refractivity contribution in [3.05, 3.63) is 0 Å². The van der Waals surface area contributed by atoms with Crippen LogP contribution in [-0.2, 0) is 0 Å². The second kappa shape index (κ2) is 30.5. The average molecular weight is 970 g/mol. The van der Waals surface area contributed by atoms with Gasteiger partial charge >= 0.3 is 0 Å². The van der Waals surface area contributed by atoms with E-state index in [0.717, 1.165) is 118 Å². The van der Waals surface area contributed by atoms with Gasteiger partial charge in [0.15, 0.2) is 0 Å². The normalized spacial score (nSPS) is 27.1. The summed E-state index contributed by atoms with van der Waals surface area (Å²) in [6, 6.07) is 0. The van der Waals surface area contributed by atoms with Crippen LogP contribution >= 0.6 is 0 Å². The lowest BCUT2D eigenvalue weighted by molar-refractivity contribution is 0.0369. The first-order valence-corrected chi connectivity index (χ1v) is 31.4. The molecule has 0 aliphatic carbocycles. The average Bonchev–Trinajstić information content (AvgIpc) is 3.35. The monoisotopic (exact) mass is 969 g/mol. The van der Waals surface area contributed by atoms with Crippen LogP contribution in [0, 0.1) is 195 Å². The van der Waals surface area contributed by atoms with E-state index in [1.807, 2.05) is 0 Å². The third-order valence-electron chi connectivity index (χ3n) is 27.5. The molecule has 0 fully saturated rings. The van der Waals surface area contributed by atoms with E-state index in [-0.39, 0.29) is 0 Å². The molecule has 0 spiro atoms. The van der Waals surface area contributed by atoms with Gasteiger partial charge in [-0.05, 0) is 195 Å². The molecule has 0 radical (unpaired) electrons. The van der Waals surface area contributed by atoms with Crippen LogP contribution < -0.4 is 0 Å². The quantitative estimate of drug-likeness (QED) is 0.0615. The van der Waals surface area contributed by atoms with Crippen LogP contribution in [0.5, 0.6) is 0 Å². The highest BCUT2D eigenvalue weighted by Gasteiger charge is 2.41. The fourth-order valence-corrected chi connectivity index (χ4v) is 15.4. The Labute approximate surface area is 442 Å². The Balaban J connectivity index is 5.74. The predicted molar refractivity (Wildman–Crippen MR) is 318 cm³/mol. The molecule has 0 aromatic carbocycles. The van der Waals surface area contributed by atoms with Crippen molar-refractivity contribution in [2.45, 2.75) is 249 Å². The summed E-state index contributed by atoms with van der Waals surface area (Å²) in [5, 5.41) is 0. The number of hydrogen-bond donors (Lipinski definition) is 0. The molecule has 0 aromatic heterocycles. The molecule has 0 rings (SSSR count). The fourth-order valence-electron chi connectivity index (χ4n) is 15.4. The highest BCUT2D eigenvalue weighted by Crippen LogP contribution is 2.48. The molecule has 0 N–H and O–H groups in total. The van der Waals surface area contributed by atoms with Crippen LogP contribution in [0.3, 0.4) is 0 Å². The van der Waals surface area contributed by atoms with Gasteiger partial charge in [-0.1, -0.05) is 249 Å². The Bertz CT molecular complexity index is 1330. The summed E-state index contributed by atoms with van der Waals surface area (Å²) in [6.45, 7) is 90.1. The number of rotatable bonds is 33.